The molecule has 102 valence electrons. The number of rotatable bonds is 4. The highest BCUT2D eigenvalue weighted by molar-refractivity contribution is 5.83. The zero-order valence-electron chi connectivity index (χ0n) is 11.1. The molecule has 0 amide bonds. The fourth-order valence-electron chi connectivity index (χ4n) is 2.40. The van der Waals surface area contributed by atoms with Gasteiger partial charge in [-0.05, 0) is 32.6 Å². The van der Waals surface area contributed by atoms with Gasteiger partial charge in [-0.25, -0.2) is 0 Å². The van der Waals surface area contributed by atoms with E-state index in [1.54, 1.807) is 12.1 Å². The monoisotopic (exact) mass is 263 g/mol. The molecule has 1 unspecified atom stereocenters. The van der Waals surface area contributed by atoms with Crippen molar-refractivity contribution < 1.29 is 9.72 Å². The van der Waals surface area contributed by atoms with Gasteiger partial charge in [0.1, 0.15) is 0 Å². The molecule has 1 aromatic carbocycles. The Kier molecular flexibility index (Phi) is 3.80. The summed E-state index contributed by atoms with van der Waals surface area (Å²) in [5.41, 5.74) is 0.870. The average molecular weight is 263 g/mol. The lowest BCUT2D eigenvalue weighted by atomic mass is 10.1. The fraction of sp³-hybridized carbons (Fsp3) is 0.462. The number of carbonyl (C=O) groups is 1. The number of benzene rings is 1. The molecule has 2 rings (SSSR count). The van der Waals surface area contributed by atoms with Crippen LogP contribution in [0.3, 0.4) is 0 Å². The van der Waals surface area contributed by atoms with Crippen molar-refractivity contribution >= 4 is 17.7 Å². The van der Waals surface area contributed by atoms with E-state index in [1.165, 1.54) is 6.07 Å². The van der Waals surface area contributed by atoms with E-state index >= 15 is 0 Å². The second kappa shape index (κ2) is 5.36. The van der Waals surface area contributed by atoms with Gasteiger partial charge < -0.3 is 9.80 Å². The van der Waals surface area contributed by atoms with Gasteiger partial charge in [0.2, 0.25) is 0 Å². The normalized spacial score (nSPS) is 18.9. The van der Waals surface area contributed by atoms with Crippen LogP contribution < -0.4 is 4.90 Å². The van der Waals surface area contributed by atoms with Crippen LogP contribution in [0.25, 0.3) is 0 Å². The van der Waals surface area contributed by atoms with Gasteiger partial charge in [0, 0.05) is 30.9 Å². The van der Waals surface area contributed by atoms with Crippen molar-refractivity contribution in [3.63, 3.8) is 0 Å². The number of likely N-dealkylation sites (N-methyl/N-ethyl adjacent to an activating group) is 1. The van der Waals surface area contributed by atoms with Crippen molar-refractivity contribution in [2.45, 2.75) is 12.5 Å². The van der Waals surface area contributed by atoms with Crippen LogP contribution in [0.15, 0.2) is 18.2 Å². The van der Waals surface area contributed by atoms with Crippen molar-refractivity contribution in [2.24, 2.45) is 0 Å². The first-order valence-electron chi connectivity index (χ1n) is 6.18. The maximum Gasteiger partial charge on any atom is 0.280 e. The average Bonchev–Trinajstić information content (AvgIpc) is 2.87. The van der Waals surface area contributed by atoms with Crippen molar-refractivity contribution in [3.8, 4) is 0 Å². The Morgan fingerprint density at radius 3 is 2.74 bits per heavy atom. The minimum atomic E-state index is -0.528. The number of hydrogen-bond donors (Lipinski definition) is 0. The van der Waals surface area contributed by atoms with Crippen LogP contribution >= 0.6 is 0 Å². The summed E-state index contributed by atoms with van der Waals surface area (Å²) in [6, 6.07) is 5.20. The van der Waals surface area contributed by atoms with E-state index in [0.29, 0.717) is 12.3 Å². The maximum atomic E-state index is 10.9. The van der Waals surface area contributed by atoms with Crippen LogP contribution in [0.2, 0.25) is 0 Å². The fourth-order valence-corrected chi connectivity index (χ4v) is 2.40. The molecular weight excluding hydrogens is 246 g/mol. The Morgan fingerprint density at radius 2 is 2.21 bits per heavy atom. The lowest BCUT2D eigenvalue weighted by Crippen LogP contribution is -2.31. The quantitative estimate of drug-likeness (QED) is 0.468. The molecule has 19 heavy (non-hydrogen) atoms. The Labute approximate surface area is 111 Å². The van der Waals surface area contributed by atoms with E-state index < -0.39 is 4.92 Å². The minimum absolute atomic E-state index is 0.135. The summed E-state index contributed by atoms with van der Waals surface area (Å²) < 4.78 is 0. The van der Waals surface area contributed by atoms with Gasteiger partial charge in [0.15, 0.2) is 6.29 Å². The Hall–Kier alpha value is -1.95. The molecule has 0 aromatic heterocycles. The molecule has 0 saturated carbocycles. The number of hydrogen-bond acceptors (Lipinski definition) is 5. The SMILES string of the molecule is CN(C)C1CCN(c2ccc([N+](=O)[O-])c(C=O)c2)C1. The number of nitro benzene ring substituents is 1. The number of nitrogens with zero attached hydrogens (tertiary/aromatic N) is 3. The molecule has 0 aliphatic carbocycles. The van der Waals surface area contributed by atoms with Gasteiger partial charge in [0.25, 0.3) is 5.69 Å². The van der Waals surface area contributed by atoms with Crippen LogP contribution in [0.5, 0.6) is 0 Å². The van der Waals surface area contributed by atoms with Crippen LogP contribution in [-0.2, 0) is 0 Å². The van der Waals surface area contributed by atoms with Gasteiger partial charge in [-0.15, -0.1) is 0 Å². The molecule has 1 aliphatic heterocycles. The van der Waals surface area contributed by atoms with Crippen LogP contribution in [-0.4, -0.2) is 49.3 Å². The standard InChI is InChI=1S/C13H17N3O3/c1-14(2)12-5-6-15(8-12)11-3-4-13(16(18)19)10(7-11)9-17/h3-4,7,9,12H,5-6,8H2,1-2H3. The minimum Gasteiger partial charge on any atom is -0.370 e. The summed E-state index contributed by atoms with van der Waals surface area (Å²) in [6.07, 6.45) is 1.60. The van der Waals surface area contributed by atoms with Crippen LogP contribution in [0, 0.1) is 10.1 Å². The molecule has 0 bridgehead atoms. The predicted octanol–water partition coefficient (Wildman–Crippen LogP) is 1.55. The third-order valence-electron chi connectivity index (χ3n) is 3.59. The first-order valence-corrected chi connectivity index (χ1v) is 6.18. The first kappa shape index (κ1) is 13.5. The van der Waals surface area contributed by atoms with Gasteiger partial charge in [-0.2, -0.15) is 0 Å². The number of nitro groups is 1. The highest BCUT2D eigenvalue weighted by atomic mass is 16.6. The molecule has 1 atom stereocenters. The smallest absolute Gasteiger partial charge is 0.280 e. The lowest BCUT2D eigenvalue weighted by molar-refractivity contribution is -0.385. The number of aldehydes is 1. The molecule has 0 spiro atoms. The van der Waals surface area contributed by atoms with Crippen molar-refractivity contribution in [2.75, 3.05) is 32.1 Å². The Bertz CT molecular complexity index is 502. The van der Waals surface area contributed by atoms with Crippen LogP contribution in [0.4, 0.5) is 11.4 Å². The largest absolute Gasteiger partial charge is 0.370 e. The highest BCUT2D eigenvalue weighted by Gasteiger charge is 2.25. The van der Waals surface area contributed by atoms with E-state index in [4.69, 9.17) is 0 Å². The number of anilines is 1. The molecule has 1 saturated heterocycles. The molecule has 1 aromatic rings. The second-order valence-corrected chi connectivity index (χ2v) is 4.97. The Morgan fingerprint density at radius 1 is 1.47 bits per heavy atom. The summed E-state index contributed by atoms with van der Waals surface area (Å²) in [5.74, 6) is 0. The van der Waals surface area contributed by atoms with E-state index in [2.05, 4.69) is 9.80 Å². The molecule has 0 N–H and O–H groups in total. The van der Waals surface area contributed by atoms with Crippen LogP contribution in [0.1, 0.15) is 16.8 Å². The summed E-state index contributed by atoms with van der Waals surface area (Å²) >= 11 is 0. The number of carbonyl (C=O) groups excluding carboxylic acids is 1. The maximum absolute atomic E-state index is 10.9. The first-order chi connectivity index (χ1) is 9.02. The second-order valence-electron chi connectivity index (χ2n) is 4.97. The zero-order chi connectivity index (χ0) is 14.0. The predicted molar refractivity (Wildman–Crippen MR) is 72.8 cm³/mol. The highest BCUT2D eigenvalue weighted by Crippen LogP contribution is 2.27. The van der Waals surface area contributed by atoms with Crippen molar-refractivity contribution in [1.82, 2.24) is 4.90 Å². The van der Waals surface area contributed by atoms with Gasteiger partial charge in [0.05, 0.1) is 10.5 Å². The summed E-state index contributed by atoms with van der Waals surface area (Å²) in [4.78, 5) is 25.5. The molecule has 0 radical (unpaired) electrons. The van der Waals surface area contributed by atoms with Gasteiger partial charge in [-0.3, -0.25) is 14.9 Å². The molecule has 1 aliphatic rings. The summed E-state index contributed by atoms with van der Waals surface area (Å²) in [7, 11) is 4.09. The zero-order valence-corrected chi connectivity index (χ0v) is 11.1. The van der Waals surface area contributed by atoms with E-state index in [0.717, 1.165) is 25.2 Å². The Balaban J connectivity index is 2.23. The molecule has 1 heterocycles. The van der Waals surface area contributed by atoms with Crippen molar-refractivity contribution in [1.29, 1.82) is 0 Å². The summed E-state index contributed by atoms with van der Waals surface area (Å²) in [5, 5.41) is 10.8. The third kappa shape index (κ3) is 2.73. The molecule has 1 fully saturated rings. The van der Waals surface area contributed by atoms with Gasteiger partial charge in [-0.1, -0.05) is 0 Å². The van der Waals surface area contributed by atoms with E-state index in [9.17, 15) is 14.9 Å². The van der Waals surface area contributed by atoms with E-state index in [1.807, 2.05) is 14.1 Å². The lowest BCUT2D eigenvalue weighted by Gasteiger charge is -2.22. The summed E-state index contributed by atoms with van der Waals surface area (Å²) in [6.45, 7) is 1.78. The molecule has 6 nitrogen and oxygen atoms in total. The van der Waals surface area contributed by atoms with Crippen molar-refractivity contribution in [3.05, 3.63) is 33.9 Å². The molecule has 6 heteroatoms. The molecular formula is C13H17N3O3. The van der Waals surface area contributed by atoms with Gasteiger partial charge >= 0.3 is 0 Å². The topological polar surface area (TPSA) is 66.7 Å². The third-order valence-corrected chi connectivity index (χ3v) is 3.59. The van der Waals surface area contributed by atoms with E-state index in [-0.39, 0.29) is 11.3 Å².